The van der Waals surface area contributed by atoms with Crippen LogP contribution in [-0.4, -0.2) is 6.85 Å². The summed E-state index contributed by atoms with van der Waals surface area (Å²) in [6.45, 7) is 9.20. The van der Waals surface area contributed by atoms with Crippen molar-refractivity contribution >= 4 is 57.0 Å². The second kappa shape index (κ2) is 9.12. The first-order valence-electron chi connectivity index (χ1n) is 14.9. The Morgan fingerprint density at radius 1 is 0.548 bits per heavy atom. The predicted octanol–water partition coefficient (Wildman–Crippen LogP) is 9.15. The number of hydrogen-bond donors (Lipinski definition) is 0. The molecule has 2 aliphatic heterocycles. The average Bonchev–Trinajstić information content (AvgIpc) is 3.01. The number of anilines is 5. The van der Waals surface area contributed by atoms with Crippen LogP contribution < -0.4 is 20.6 Å². The van der Waals surface area contributed by atoms with E-state index in [2.05, 4.69) is 165 Å². The summed E-state index contributed by atoms with van der Waals surface area (Å²) < 4.78 is 0. The normalized spacial score (nSPS) is 13.6. The number of benzene rings is 6. The van der Waals surface area contributed by atoms with Crippen molar-refractivity contribution in [1.82, 2.24) is 0 Å². The predicted molar refractivity (Wildman–Crippen MR) is 181 cm³/mol. The second-order valence-electron chi connectivity index (χ2n) is 12.7. The molecule has 2 nitrogen and oxygen atoms in total. The molecule has 0 atom stereocenters. The molecule has 3 heteroatoms. The van der Waals surface area contributed by atoms with E-state index < -0.39 is 0 Å². The zero-order valence-electron chi connectivity index (χ0n) is 24.6. The number of fused-ring (bicyclic) bond motifs is 5. The minimum atomic E-state index is -0.0411. The molecule has 0 radical (unpaired) electrons. The van der Waals surface area contributed by atoms with Crippen LogP contribution in [0.4, 0.5) is 28.4 Å². The summed E-state index contributed by atoms with van der Waals surface area (Å²) >= 11 is 0. The van der Waals surface area contributed by atoms with Gasteiger partial charge < -0.3 is 9.71 Å². The molecular formula is C39H33BN2. The summed E-state index contributed by atoms with van der Waals surface area (Å²) in [5, 5.41) is 2.54. The van der Waals surface area contributed by atoms with Gasteiger partial charge in [-0.25, -0.2) is 0 Å². The Morgan fingerprint density at radius 2 is 1.17 bits per heavy atom. The number of rotatable bonds is 2. The standard InChI is InChI=1S/C39H33BN2/c1-26-20-22-29(23-21-26)42-34-17-9-7-14-30(34)31-15-11-19-36-38(31)40(42)33-16-8-10-18-35(33)41(36)37-25-28-13-6-5-12-27(28)24-32(37)39(2,3)4/h5-25H,1-4H3. The lowest BCUT2D eigenvalue weighted by molar-refractivity contribution is 0.592. The van der Waals surface area contributed by atoms with Crippen molar-refractivity contribution in [3.05, 3.63) is 139 Å². The van der Waals surface area contributed by atoms with E-state index in [9.17, 15) is 0 Å². The molecule has 0 saturated heterocycles. The van der Waals surface area contributed by atoms with E-state index >= 15 is 0 Å². The Bertz CT molecular complexity index is 2000. The third-order valence-electron chi connectivity index (χ3n) is 9.01. The van der Waals surface area contributed by atoms with Gasteiger partial charge in [-0.1, -0.05) is 111 Å². The fourth-order valence-electron chi connectivity index (χ4n) is 7.06. The van der Waals surface area contributed by atoms with Gasteiger partial charge in [-0.3, -0.25) is 0 Å². The van der Waals surface area contributed by atoms with Crippen molar-refractivity contribution in [3.63, 3.8) is 0 Å². The van der Waals surface area contributed by atoms with Gasteiger partial charge in [-0.2, -0.15) is 0 Å². The maximum absolute atomic E-state index is 2.56. The molecule has 0 aromatic heterocycles. The van der Waals surface area contributed by atoms with Gasteiger partial charge in [-0.05, 0) is 87.6 Å². The first kappa shape index (κ1) is 25.0. The van der Waals surface area contributed by atoms with Crippen molar-refractivity contribution in [2.75, 3.05) is 9.71 Å². The molecule has 0 spiro atoms. The maximum atomic E-state index is 2.56. The quantitative estimate of drug-likeness (QED) is 0.202. The summed E-state index contributed by atoms with van der Waals surface area (Å²) in [6.07, 6.45) is 0. The van der Waals surface area contributed by atoms with Crippen molar-refractivity contribution < 1.29 is 0 Å². The minimum absolute atomic E-state index is 0.0411. The lowest BCUT2D eigenvalue weighted by atomic mass is 9.43. The zero-order chi connectivity index (χ0) is 28.6. The van der Waals surface area contributed by atoms with Gasteiger partial charge in [0.25, 0.3) is 0 Å². The molecule has 202 valence electrons. The van der Waals surface area contributed by atoms with Crippen LogP contribution in [0.2, 0.25) is 0 Å². The number of para-hydroxylation sites is 2. The maximum Gasteiger partial charge on any atom is 0.333 e. The molecule has 0 aliphatic carbocycles. The Labute approximate surface area is 249 Å². The highest BCUT2D eigenvalue weighted by Gasteiger charge is 2.45. The fraction of sp³-hybridized carbons (Fsp3) is 0.128. The third-order valence-corrected chi connectivity index (χ3v) is 9.01. The SMILES string of the molecule is Cc1ccc(N2B3c4ccccc4N(c4cc5ccccc5cc4C(C)(C)C)c4cccc(c43)-c3ccccc32)cc1. The lowest BCUT2D eigenvalue weighted by Gasteiger charge is -2.46. The highest BCUT2D eigenvalue weighted by atomic mass is 15.2. The van der Waals surface area contributed by atoms with Gasteiger partial charge in [0.05, 0.1) is 5.69 Å². The molecule has 0 bridgehead atoms. The largest absolute Gasteiger partial charge is 0.376 e. The summed E-state index contributed by atoms with van der Waals surface area (Å²) in [7, 11) is 0. The molecule has 2 heterocycles. The zero-order valence-corrected chi connectivity index (χ0v) is 24.6. The summed E-state index contributed by atoms with van der Waals surface area (Å²) in [5.74, 6) is 0. The van der Waals surface area contributed by atoms with Crippen molar-refractivity contribution in [1.29, 1.82) is 0 Å². The van der Waals surface area contributed by atoms with E-state index in [0.717, 1.165) is 0 Å². The van der Waals surface area contributed by atoms with E-state index in [4.69, 9.17) is 0 Å². The van der Waals surface area contributed by atoms with Gasteiger partial charge in [0.2, 0.25) is 0 Å². The Balaban J connectivity index is 1.47. The number of aryl methyl sites for hydroxylation is 1. The number of hydrogen-bond acceptors (Lipinski definition) is 2. The number of nitrogens with zero attached hydrogens (tertiary/aromatic N) is 2. The highest BCUT2D eigenvalue weighted by molar-refractivity contribution is 6.93. The summed E-state index contributed by atoms with van der Waals surface area (Å²) in [4.78, 5) is 5.10. The minimum Gasteiger partial charge on any atom is -0.376 e. The van der Waals surface area contributed by atoms with Crippen LogP contribution in [0.3, 0.4) is 0 Å². The van der Waals surface area contributed by atoms with E-state index in [1.807, 2.05) is 0 Å². The summed E-state index contributed by atoms with van der Waals surface area (Å²) in [5.41, 5.74) is 14.1. The lowest BCUT2D eigenvalue weighted by Crippen LogP contribution is -2.61. The smallest absolute Gasteiger partial charge is 0.333 e. The molecule has 0 unspecified atom stereocenters. The molecule has 0 N–H and O–H groups in total. The van der Waals surface area contributed by atoms with Gasteiger partial charge in [0, 0.05) is 28.3 Å². The Hall–Kier alpha value is -4.76. The van der Waals surface area contributed by atoms with Crippen LogP contribution in [-0.2, 0) is 5.41 Å². The van der Waals surface area contributed by atoms with Crippen molar-refractivity contribution in [2.45, 2.75) is 33.1 Å². The van der Waals surface area contributed by atoms with Crippen LogP contribution in [0.25, 0.3) is 21.9 Å². The fourth-order valence-corrected chi connectivity index (χ4v) is 7.06. The van der Waals surface area contributed by atoms with E-state index in [-0.39, 0.29) is 12.3 Å². The van der Waals surface area contributed by atoms with Crippen LogP contribution in [0.1, 0.15) is 31.9 Å². The molecule has 6 aromatic carbocycles. The topological polar surface area (TPSA) is 6.48 Å². The molecule has 2 aliphatic rings. The van der Waals surface area contributed by atoms with Crippen LogP contribution in [0.15, 0.2) is 127 Å². The average molecular weight is 541 g/mol. The molecule has 0 saturated carbocycles. The van der Waals surface area contributed by atoms with Crippen molar-refractivity contribution in [3.8, 4) is 11.1 Å². The molecule has 0 amide bonds. The Kier molecular flexibility index (Phi) is 5.43. The highest BCUT2D eigenvalue weighted by Crippen LogP contribution is 2.48. The van der Waals surface area contributed by atoms with Gasteiger partial charge in [-0.15, -0.1) is 0 Å². The molecule has 0 fully saturated rings. The first-order chi connectivity index (χ1) is 20.4. The van der Waals surface area contributed by atoms with Gasteiger partial charge in [0.15, 0.2) is 0 Å². The van der Waals surface area contributed by atoms with Crippen LogP contribution in [0.5, 0.6) is 0 Å². The molecule has 42 heavy (non-hydrogen) atoms. The molecule has 8 rings (SSSR count). The third kappa shape index (κ3) is 3.66. The van der Waals surface area contributed by atoms with Gasteiger partial charge >= 0.3 is 6.85 Å². The van der Waals surface area contributed by atoms with E-state index in [1.54, 1.807) is 0 Å². The van der Waals surface area contributed by atoms with E-state index in [0.29, 0.717) is 0 Å². The monoisotopic (exact) mass is 540 g/mol. The first-order valence-corrected chi connectivity index (χ1v) is 14.9. The van der Waals surface area contributed by atoms with Crippen LogP contribution in [0, 0.1) is 6.92 Å². The molecular weight excluding hydrogens is 507 g/mol. The van der Waals surface area contributed by atoms with E-state index in [1.165, 1.54) is 72.4 Å². The van der Waals surface area contributed by atoms with Crippen LogP contribution >= 0.6 is 0 Å². The van der Waals surface area contributed by atoms with Crippen molar-refractivity contribution in [2.24, 2.45) is 0 Å². The Morgan fingerprint density at radius 3 is 1.93 bits per heavy atom. The molecule has 6 aromatic rings. The van der Waals surface area contributed by atoms with Gasteiger partial charge in [0.1, 0.15) is 0 Å². The summed E-state index contributed by atoms with van der Waals surface area (Å²) in [6, 6.07) is 47.4. The second-order valence-corrected chi connectivity index (χ2v) is 12.7.